The van der Waals surface area contributed by atoms with Crippen LogP contribution in [-0.2, 0) is 25.9 Å². The Balaban J connectivity index is 1.34. The number of hydrogen-bond donors (Lipinski definition) is 1. The van der Waals surface area contributed by atoms with E-state index in [4.69, 9.17) is 4.98 Å². The van der Waals surface area contributed by atoms with E-state index in [1.807, 2.05) is 89.5 Å². The number of nitrogens with zero attached hydrogens (tertiary/aromatic N) is 7. The zero-order chi connectivity index (χ0) is 32.2. The number of benzene rings is 4. The van der Waals surface area contributed by atoms with E-state index in [0.29, 0.717) is 42.1 Å². The fourth-order valence-corrected chi connectivity index (χ4v) is 6.05. The summed E-state index contributed by atoms with van der Waals surface area (Å²) in [5.74, 6) is 1.39. The summed E-state index contributed by atoms with van der Waals surface area (Å²) in [4.78, 5) is 33.4. The van der Waals surface area contributed by atoms with Crippen molar-refractivity contribution in [1.82, 2.24) is 39.3 Å². The number of aromatic amines is 1. The number of hydrogen-bond acceptors (Lipinski definition) is 6. The molecular formula is C37H34N8O2. The molecule has 7 rings (SSSR count). The smallest absolute Gasteiger partial charge is 0.318 e. The van der Waals surface area contributed by atoms with Crippen molar-refractivity contribution in [3.63, 3.8) is 0 Å². The lowest BCUT2D eigenvalue weighted by Crippen LogP contribution is -2.40. The Hall–Kier alpha value is -5.90. The third kappa shape index (κ3) is 5.93. The molecular weight excluding hydrogens is 588 g/mol. The van der Waals surface area contributed by atoms with Crippen LogP contribution in [0.25, 0.3) is 39.4 Å². The lowest BCUT2D eigenvalue weighted by atomic mass is 9.98. The molecule has 0 atom stereocenters. The number of tetrazole rings is 1. The zero-order valence-electron chi connectivity index (χ0n) is 26.1. The highest BCUT2D eigenvalue weighted by Crippen LogP contribution is 2.30. The van der Waals surface area contributed by atoms with Gasteiger partial charge in [-0.3, -0.25) is 9.36 Å². The Bertz CT molecular complexity index is 2240. The molecule has 1 N–H and O–H groups in total. The predicted octanol–water partition coefficient (Wildman–Crippen LogP) is 5.83. The predicted molar refractivity (Wildman–Crippen MR) is 182 cm³/mol. The molecule has 3 aromatic heterocycles. The molecule has 47 heavy (non-hydrogen) atoms. The van der Waals surface area contributed by atoms with Crippen LogP contribution in [0, 0.1) is 0 Å². The van der Waals surface area contributed by atoms with Gasteiger partial charge in [0.15, 0.2) is 17.0 Å². The van der Waals surface area contributed by atoms with Crippen LogP contribution in [0.4, 0.5) is 0 Å². The van der Waals surface area contributed by atoms with Gasteiger partial charge in [0.2, 0.25) is 0 Å². The van der Waals surface area contributed by atoms with E-state index in [1.165, 1.54) is 4.57 Å². The Morgan fingerprint density at radius 1 is 0.723 bits per heavy atom. The topological polar surface area (TPSA) is 116 Å². The summed E-state index contributed by atoms with van der Waals surface area (Å²) in [6.45, 7) is 2.83. The highest BCUT2D eigenvalue weighted by Gasteiger charge is 2.23. The van der Waals surface area contributed by atoms with E-state index < -0.39 is 0 Å². The fourth-order valence-electron chi connectivity index (χ4n) is 6.05. The van der Waals surface area contributed by atoms with Gasteiger partial charge in [0, 0.05) is 25.1 Å². The van der Waals surface area contributed by atoms with Crippen molar-refractivity contribution in [1.29, 1.82) is 0 Å². The van der Waals surface area contributed by atoms with Crippen LogP contribution in [0.3, 0.4) is 0 Å². The Morgan fingerprint density at radius 2 is 1.43 bits per heavy atom. The van der Waals surface area contributed by atoms with Gasteiger partial charge in [0.25, 0.3) is 5.56 Å². The zero-order valence-corrected chi connectivity index (χ0v) is 26.1. The van der Waals surface area contributed by atoms with Gasteiger partial charge in [0.05, 0.1) is 5.69 Å². The molecule has 0 aliphatic carbocycles. The maximum atomic E-state index is 14.3. The summed E-state index contributed by atoms with van der Waals surface area (Å²) < 4.78 is 4.96. The van der Waals surface area contributed by atoms with Crippen LogP contribution in [0.15, 0.2) is 119 Å². The molecule has 0 unspecified atom stereocenters. The van der Waals surface area contributed by atoms with E-state index >= 15 is 0 Å². The van der Waals surface area contributed by atoms with Gasteiger partial charge in [0.1, 0.15) is 5.82 Å². The summed E-state index contributed by atoms with van der Waals surface area (Å²) in [6.07, 6.45) is 3.13. The van der Waals surface area contributed by atoms with Crippen molar-refractivity contribution >= 4 is 11.2 Å². The van der Waals surface area contributed by atoms with Crippen molar-refractivity contribution < 1.29 is 0 Å². The third-order valence-electron chi connectivity index (χ3n) is 8.48. The molecule has 4 aromatic carbocycles. The highest BCUT2D eigenvalue weighted by atomic mass is 16.2. The van der Waals surface area contributed by atoms with Crippen molar-refractivity contribution in [3.8, 4) is 28.2 Å². The molecule has 0 aliphatic heterocycles. The first-order valence-electron chi connectivity index (χ1n) is 15.9. The monoisotopic (exact) mass is 622 g/mol. The quantitative estimate of drug-likeness (QED) is 0.194. The first kappa shape index (κ1) is 29.8. The molecule has 0 radical (unpaired) electrons. The molecule has 10 heteroatoms. The summed E-state index contributed by atoms with van der Waals surface area (Å²) in [5, 5.41) is 14.4. The number of aryl methyl sites for hydroxylation is 2. The average molecular weight is 623 g/mol. The summed E-state index contributed by atoms with van der Waals surface area (Å²) in [6, 6.07) is 35.6. The molecule has 0 amide bonds. The van der Waals surface area contributed by atoms with E-state index in [1.54, 1.807) is 4.57 Å². The standard InChI is InChI=1S/C37H34N8O2/c1-2-3-18-32-38-35-33(36(46)43(24-23-26-12-6-4-7-13-26)37(47)45(35)29-14-8-5-9-15-29)44(32)25-27-19-21-28(22-20-27)30-16-10-11-17-31(30)34-39-41-42-40-34/h4-17,19-22H,2-3,18,23-25H2,1H3,(H,39,40,41,42). The van der Waals surface area contributed by atoms with Gasteiger partial charge in [-0.05, 0) is 57.7 Å². The second-order valence-electron chi connectivity index (χ2n) is 11.5. The number of unbranched alkanes of at least 4 members (excludes halogenated alkanes) is 1. The minimum absolute atomic E-state index is 0.259. The molecule has 0 aliphatic rings. The van der Waals surface area contributed by atoms with Crippen molar-refractivity contribution in [2.45, 2.75) is 45.7 Å². The molecule has 0 saturated carbocycles. The van der Waals surface area contributed by atoms with Crippen LogP contribution in [-0.4, -0.2) is 39.3 Å². The van der Waals surface area contributed by atoms with Crippen molar-refractivity contribution in [2.24, 2.45) is 0 Å². The molecule has 7 aromatic rings. The van der Waals surface area contributed by atoms with Gasteiger partial charge in [-0.15, -0.1) is 5.10 Å². The van der Waals surface area contributed by atoms with E-state index in [-0.39, 0.29) is 17.8 Å². The highest BCUT2D eigenvalue weighted by molar-refractivity contribution is 5.80. The number of H-pyrrole nitrogens is 1. The normalized spacial score (nSPS) is 11.3. The Labute approximate surface area is 271 Å². The van der Waals surface area contributed by atoms with Gasteiger partial charge in [-0.25, -0.2) is 19.4 Å². The molecule has 0 bridgehead atoms. The Kier molecular flexibility index (Phi) is 8.38. The van der Waals surface area contributed by atoms with Gasteiger partial charge in [-0.2, -0.15) is 0 Å². The molecule has 3 heterocycles. The first-order chi connectivity index (χ1) is 23.1. The van der Waals surface area contributed by atoms with E-state index in [0.717, 1.165) is 46.5 Å². The van der Waals surface area contributed by atoms with Crippen LogP contribution in [0.5, 0.6) is 0 Å². The molecule has 0 spiro atoms. The van der Waals surface area contributed by atoms with Gasteiger partial charge >= 0.3 is 5.69 Å². The minimum atomic E-state index is -0.388. The van der Waals surface area contributed by atoms with Crippen LogP contribution in [0.2, 0.25) is 0 Å². The number of rotatable bonds is 11. The average Bonchev–Trinajstić information content (AvgIpc) is 3.78. The van der Waals surface area contributed by atoms with E-state index in [2.05, 4.69) is 51.8 Å². The molecule has 10 nitrogen and oxygen atoms in total. The van der Waals surface area contributed by atoms with Crippen molar-refractivity contribution in [2.75, 3.05) is 0 Å². The summed E-state index contributed by atoms with van der Waals surface area (Å²) in [5.41, 5.74) is 5.78. The van der Waals surface area contributed by atoms with Crippen LogP contribution < -0.4 is 11.2 Å². The number of nitrogens with one attached hydrogen (secondary N) is 1. The lowest BCUT2D eigenvalue weighted by molar-refractivity contribution is 0.614. The summed E-state index contributed by atoms with van der Waals surface area (Å²) >= 11 is 0. The number of imidazole rings is 1. The lowest BCUT2D eigenvalue weighted by Gasteiger charge is -2.14. The third-order valence-corrected chi connectivity index (χ3v) is 8.48. The maximum Gasteiger partial charge on any atom is 0.337 e. The van der Waals surface area contributed by atoms with Crippen molar-refractivity contribution in [3.05, 3.63) is 147 Å². The maximum absolute atomic E-state index is 14.3. The molecule has 0 saturated heterocycles. The first-order valence-corrected chi connectivity index (χ1v) is 15.9. The number of fused-ring (bicyclic) bond motifs is 1. The van der Waals surface area contributed by atoms with Gasteiger partial charge < -0.3 is 4.57 Å². The minimum Gasteiger partial charge on any atom is -0.318 e. The summed E-state index contributed by atoms with van der Waals surface area (Å²) in [7, 11) is 0. The number of aromatic nitrogens is 8. The van der Waals surface area contributed by atoms with Gasteiger partial charge in [-0.1, -0.05) is 110 Å². The van der Waals surface area contributed by atoms with E-state index in [9.17, 15) is 9.59 Å². The Morgan fingerprint density at radius 3 is 2.13 bits per heavy atom. The second-order valence-corrected chi connectivity index (χ2v) is 11.5. The van der Waals surface area contributed by atoms with Crippen LogP contribution in [0.1, 0.15) is 36.7 Å². The second kappa shape index (κ2) is 13.2. The largest absolute Gasteiger partial charge is 0.337 e. The fraction of sp³-hybridized carbons (Fsp3) is 0.189. The number of para-hydroxylation sites is 1. The SMILES string of the molecule is CCCCc1nc2c(c(=O)n(CCc3ccccc3)c(=O)n2-c2ccccc2)n1Cc1ccc(-c2ccccc2-c2nnn[nH]2)cc1. The molecule has 0 fully saturated rings. The molecule has 234 valence electrons. The van der Waals surface area contributed by atoms with Crippen LogP contribution >= 0.6 is 0 Å².